The van der Waals surface area contributed by atoms with E-state index >= 15 is 0 Å². The SMILES string of the molecule is CCCN(CC(F)(F)F)C(=O)C(N)C(C)C. The van der Waals surface area contributed by atoms with Crippen molar-refractivity contribution in [2.24, 2.45) is 11.7 Å². The quantitative estimate of drug-likeness (QED) is 0.796. The van der Waals surface area contributed by atoms with E-state index in [2.05, 4.69) is 0 Å². The largest absolute Gasteiger partial charge is 0.406 e. The van der Waals surface area contributed by atoms with Crippen LogP contribution >= 0.6 is 0 Å². The zero-order valence-corrected chi connectivity index (χ0v) is 9.84. The zero-order valence-electron chi connectivity index (χ0n) is 9.84. The maximum absolute atomic E-state index is 12.2. The van der Waals surface area contributed by atoms with Gasteiger partial charge in [-0.1, -0.05) is 20.8 Å². The molecule has 16 heavy (non-hydrogen) atoms. The monoisotopic (exact) mass is 240 g/mol. The Morgan fingerprint density at radius 1 is 1.38 bits per heavy atom. The van der Waals surface area contributed by atoms with Crippen molar-refractivity contribution >= 4 is 5.91 Å². The van der Waals surface area contributed by atoms with Crippen LogP contribution in [0.3, 0.4) is 0 Å². The Kier molecular flexibility index (Phi) is 5.78. The van der Waals surface area contributed by atoms with Crippen molar-refractivity contribution in [2.45, 2.75) is 39.4 Å². The van der Waals surface area contributed by atoms with Crippen LogP contribution in [-0.4, -0.2) is 36.1 Å². The van der Waals surface area contributed by atoms with Crippen LogP contribution in [0.5, 0.6) is 0 Å². The fourth-order valence-electron chi connectivity index (χ4n) is 1.25. The van der Waals surface area contributed by atoms with Gasteiger partial charge < -0.3 is 10.6 Å². The van der Waals surface area contributed by atoms with Gasteiger partial charge in [0.2, 0.25) is 5.91 Å². The molecule has 0 aromatic rings. The summed E-state index contributed by atoms with van der Waals surface area (Å²) in [6.07, 6.45) is -3.89. The Labute approximate surface area is 93.8 Å². The highest BCUT2D eigenvalue weighted by Gasteiger charge is 2.34. The van der Waals surface area contributed by atoms with Crippen LogP contribution in [0.25, 0.3) is 0 Å². The summed E-state index contributed by atoms with van der Waals surface area (Å²) in [5.74, 6) is -0.797. The number of nitrogens with two attached hydrogens (primary N) is 1. The molecule has 0 heterocycles. The highest BCUT2D eigenvalue weighted by atomic mass is 19.4. The second-order valence-electron chi connectivity index (χ2n) is 4.14. The van der Waals surface area contributed by atoms with Gasteiger partial charge in [0, 0.05) is 6.54 Å². The summed E-state index contributed by atoms with van der Waals surface area (Å²) in [4.78, 5) is 12.4. The first-order valence-electron chi connectivity index (χ1n) is 5.30. The van der Waals surface area contributed by atoms with E-state index in [0.717, 1.165) is 4.90 Å². The smallest absolute Gasteiger partial charge is 0.332 e. The topological polar surface area (TPSA) is 46.3 Å². The number of hydrogen-bond donors (Lipinski definition) is 1. The van der Waals surface area contributed by atoms with Gasteiger partial charge in [0.15, 0.2) is 0 Å². The Morgan fingerprint density at radius 2 is 1.88 bits per heavy atom. The molecule has 6 heteroatoms. The fourth-order valence-corrected chi connectivity index (χ4v) is 1.25. The van der Waals surface area contributed by atoms with Gasteiger partial charge in [0.05, 0.1) is 6.04 Å². The van der Waals surface area contributed by atoms with Crippen LogP contribution in [0.2, 0.25) is 0 Å². The molecule has 0 fully saturated rings. The molecule has 0 bridgehead atoms. The third-order valence-electron chi connectivity index (χ3n) is 2.18. The molecule has 0 saturated carbocycles. The van der Waals surface area contributed by atoms with Crippen LogP contribution in [0.1, 0.15) is 27.2 Å². The van der Waals surface area contributed by atoms with Gasteiger partial charge >= 0.3 is 6.18 Å². The molecule has 1 amide bonds. The van der Waals surface area contributed by atoms with E-state index in [1.54, 1.807) is 20.8 Å². The van der Waals surface area contributed by atoms with Crippen LogP contribution < -0.4 is 5.73 Å². The molecule has 0 radical (unpaired) electrons. The van der Waals surface area contributed by atoms with E-state index in [4.69, 9.17) is 5.73 Å². The second kappa shape index (κ2) is 6.08. The Morgan fingerprint density at radius 3 is 2.19 bits per heavy atom. The first-order valence-corrected chi connectivity index (χ1v) is 5.30. The van der Waals surface area contributed by atoms with Gasteiger partial charge in [0.25, 0.3) is 0 Å². The van der Waals surface area contributed by atoms with E-state index in [-0.39, 0.29) is 12.5 Å². The number of nitrogens with zero attached hydrogens (tertiary/aromatic N) is 1. The summed E-state index contributed by atoms with van der Waals surface area (Å²) in [5.41, 5.74) is 5.55. The molecule has 1 atom stereocenters. The Hall–Kier alpha value is -0.780. The third kappa shape index (κ3) is 5.34. The number of rotatable bonds is 5. The van der Waals surface area contributed by atoms with E-state index in [9.17, 15) is 18.0 Å². The minimum absolute atomic E-state index is 0.0821. The molecule has 3 nitrogen and oxygen atoms in total. The second-order valence-corrected chi connectivity index (χ2v) is 4.14. The minimum atomic E-state index is -4.37. The fraction of sp³-hybridized carbons (Fsp3) is 0.900. The van der Waals surface area contributed by atoms with Crippen molar-refractivity contribution in [3.63, 3.8) is 0 Å². The maximum Gasteiger partial charge on any atom is 0.406 e. The predicted molar refractivity (Wildman–Crippen MR) is 55.7 cm³/mol. The van der Waals surface area contributed by atoms with Crippen LogP contribution in [0.15, 0.2) is 0 Å². The Bertz CT molecular complexity index is 229. The normalized spacial score (nSPS) is 14.0. The van der Waals surface area contributed by atoms with Gasteiger partial charge in [-0.3, -0.25) is 4.79 Å². The lowest BCUT2D eigenvalue weighted by Gasteiger charge is -2.27. The standard InChI is InChI=1S/C10H19F3N2O/c1-4-5-15(6-10(11,12)13)9(16)8(14)7(2)3/h7-8H,4-6,14H2,1-3H3. The van der Waals surface area contributed by atoms with Crippen molar-refractivity contribution < 1.29 is 18.0 Å². The lowest BCUT2D eigenvalue weighted by molar-refractivity contribution is -0.162. The van der Waals surface area contributed by atoms with Crippen LogP contribution in [0, 0.1) is 5.92 Å². The average Bonchev–Trinajstić information content (AvgIpc) is 2.12. The molecule has 0 aromatic carbocycles. The molecule has 0 aliphatic heterocycles. The summed E-state index contributed by atoms with van der Waals surface area (Å²) < 4.78 is 36.7. The van der Waals surface area contributed by atoms with Gasteiger partial charge in [0.1, 0.15) is 6.54 Å². The molecule has 0 aliphatic rings. The van der Waals surface area contributed by atoms with E-state index in [1.807, 2.05) is 0 Å². The summed E-state index contributed by atoms with van der Waals surface area (Å²) in [7, 11) is 0. The Balaban J connectivity index is 4.59. The van der Waals surface area contributed by atoms with Crippen molar-refractivity contribution in [1.82, 2.24) is 4.90 Å². The molecule has 2 N–H and O–H groups in total. The summed E-state index contributed by atoms with van der Waals surface area (Å²) in [6, 6.07) is -0.867. The summed E-state index contributed by atoms with van der Waals surface area (Å²) >= 11 is 0. The average molecular weight is 240 g/mol. The summed E-state index contributed by atoms with van der Waals surface area (Å²) in [5, 5.41) is 0. The predicted octanol–water partition coefficient (Wildman–Crippen LogP) is 1.77. The lowest BCUT2D eigenvalue weighted by atomic mass is 10.0. The summed E-state index contributed by atoms with van der Waals surface area (Å²) in [6.45, 7) is 4.00. The number of carbonyl (C=O) groups is 1. The van der Waals surface area contributed by atoms with E-state index in [1.165, 1.54) is 0 Å². The molecule has 0 spiro atoms. The van der Waals surface area contributed by atoms with Gasteiger partial charge in [-0.2, -0.15) is 13.2 Å². The van der Waals surface area contributed by atoms with Crippen molar-refractivity contribution in [3.05, 3.63) is 0 Å². The maximum atomic E-state index is 12.2. The first-order chi connectivity index (χ1) is 7.19. The lowest BCUT2D eigenvalue weighted by Crippen LogP contribution is -2.49. The van der Waals surface area contributed by atoms with Crippen molar-refractivity contribution in [2.75, 3.05) is 13.1 Å². The molecule has 0 aromatic heterocycles. The molecule has 1 unspecified atom stereocenters. The number of alkyl halides is 3. The van der Waals surface area contributed by atoms with Gasteiger partial charge in [-0.25, -0.2) is 0 Å². The minimum Gasteiger partial charge on any atom is -0.332 e. The number of amides is 1. The molecule has 0 rings (SSSR count). The third-order valence-corrected chi connectivity index (χ3v) is 2.18. The zero-order chi connectivity index (χ0) is 12.9. The first kappa shape index (κ1) is 15.2. The van der Waals surface area contributed by atoms with E-state index < -0.39 is 24.7 Å². The molecule has 0 aliphatic carbocycles. The van der Waals surface area contributed by atoms with Crippen LogP contribution in [-0.2, 0) is 4.79 Å². The number of halogens is 3. The van der Waals surface area contributed by atoms with Gasteiger partial charge in [-0.15, -0.1) is 0 Å². The molecule has 96 valence electrons. The highest BCUT2D eigenvalue weighted by molar-refractivity contribution is 5.81. The van der Waals surface area contributed by atoms with Gasteiger partial charge in [-0.05, 0) is 12.3 Å². The highest BCUT2D eigenvalue weighted by Crippen LogP contribution is 2.17. The van der Waals surface area contributed by atoms with Crippen molar-refractivity contribution in [3.8, 4) is 0 Å². The van der Waals surface area contributed by atoms with E-state index in [0.29, 0.717) is 6.42 Å². The number of carbonyl (C=O) groups excluding carboxylic acids is 1. The molecule has 0 saturated heterocycles. The number of hydrogen-bond acceptors (Lipinski definition) is 2. The van der Waals surface area contributed by atoms with Crippen molar-refractivity contribution in [1.29, 1.82) is 0 Å². The molecular weight excluding hydrogens is 221 g/mol. The molecular formula is C10H19F3N2O. The van der Waals surface area contributed by atoms with Crippen LogP contribution in [0.4, 0.5) is 13.2 Å².